The van der Waals surface area contributed by atoms with Gasteiger partial charge in [0.15, 0.2) is 0 Å². The second-order valence-corrected chi connectivity index (χ2v) is 9.96. The molecule has 0 radical (unpaired) electrons. The van der Waals surface area contributed by atoms with Crippen LogP contribution in [0.15, 0.2) is 30.3 Å². The minimum atomic E-state index is -1.17. The van der Waals surface area contributed by atoms with Gasteiger partial charge in [-0.25, -0.2) is 4.90 Å². The van der Waals surface area contributed by atoms with Gasteiger partial charge < -0.3 is 10.2 Å². The van der Waals surface area contributed by atoms with E-state index in [4.69, 9.17) is 0 Å². The third-order valence-corrected chi connectivity index (χ3v) is 8.57. The number of rotatable bonds is 2. The normalized spacial score (nSPS) is 31.1. The summed E-state index contributed by atoms with van der Waals surface area (Å²) in [5.41, 5.74) is 2.86. The predicted octanol–water partition coefficient (Wildman–Crippen LogP) is 1.53. The van der Waals surface area contributed by atoms with E-state index in [0.717, 1.165) is 45.0 Å². The van der Waals surface area contributed by atoms with Crippen molar-refractivity contribution in [3.63, 3.8) is 0 Å². The van der Waals surface area contributed by atoms with Crippen molar-refractivity contribution in [3.05, 3.63) is 62.7 Å². The van der Waals surface area contributed by atoms with E-state index < -0.39 is 28.2 Å². The molecule has 0 saturated carbocycles. The molecule has 5 atom stereocenters. The first-order valence-corrected chi connectivity index (χ1v) is 11.6. The molecule has 0 aliphatic carbocycles. The van der Waals surface area contributed by atoms with Gasteiger partial charge in [-0.2, -0.15) is 0 Å². The second kappa shape index (κ2) is 6.73. The van der Waals surface area contributed by atoms with E-state index in [0.29, 0.717) is 12.1 Å². The first-order chi connectivity index (χ1) is 16.2. The minimum Gasteiger partial charge on any atom is -0.320 e. The maximum atomic E-state index is 14.0. The van der Waals surface area contributed by atoms with Crippen molar-refractivity contribution in [2.75, 3.05) is 16.8 Å². The topological polar surface area (TPSA) is 114 Å². The summed E-state index contributed by atoms with van der Waals surface area (Å²) >= 11 is 0. The standard InChI is InChI=1S/C25H24N4O5/c1-12-7-9-16-21(14(12)3)26-24(32)25(16)20-19(17-5-4-10-27(17)25)22(30)28(23(20)31)15-8-6-13(2)18(11-15)29(33)34/h6-9,11,17,19-20H,4-5,10H2,1-3H3,(H,26,32)/p+1/t17-,19+,20-,25-/m0/s1. The van der Waals surface area contributed by atoms with Crippen LogP contribution in [0.25, 0.3) is 0 Å². The number of hydrogen-bond donors (Lipinski definition) is 2. The molecular weight excluding hydrogens is 436 g/mol. The number of fused-ring (bicyclic) bond motifs is 7. The van der Waals surface area contributed by atoms with Gasteiger partial charge in [0.1, 0.15) is 17.9 Å². The molecule has 1 unspecified atom stereocenters. The fraction of sp³-hybridized carbons (Fsp3) is 0.400. The molecule has 6 rings (SSSR count). The van der Waals surface area contributed by atoms with Gasteiger partial charge in [-0.3, -0.25) is 24.5 Å². The van der Waals surface area contributed by atoms with Gasteiger partial charge in [0.25, 0.3) is 11.6 Å². The van der Waals surface area contributed by atoms with Crippen molar-refractivity contribution >= 4 is 34.8 Å². The lowest BCUT2D eigenvalue weighted by atomic mass is 9.75. The molecule has 4 heterocycles. The summed E-state index contributed by atoms with van der Waals surface area (Å²) < 4.78 is 0. The fourth-order valence-electron chi connectivity index (χ4n) is 6.97. The van der Waals surface area contributed by atoms with Gasteiger partial charge in [-0.05, 0) is 44.0 Å². The van der Waals surface area contributed by atoms with Crippen LogP contribution in [-0.4, -0.2) is 35.2 Å². The fourth-order valence-corrected chi connectivity index (χ4v) is 6.97. The van der Waals surface area contributed by atoms with E-state index in [1.807, 2.05) is 26.0 Å². The summed E-state index contributed by atoms with van der Waals surface area (Å²) in [6.07, 6.45) is 1.63. The number of benzene rings is 2. The van der Waals surface area contributed by atoms with Crippen LogP contribution in [0.4, 0.5) is 17.1 Å². The molecule has 3 fully saturated rings. The third-order valence-electron chi connectivity index (χ3n) is 8.57. The summed E-state index contributed by atoms with van der Waals surface area (Å²) in [5.74, 6) is -2.52. The molecule has 4 aliphatic heterocycles. The Morgan fingerprint density at radius 2 is 1.82 bits per heavy atom. The Morgan fingerprint density at radius 1 is 1.09 bits per heavy atom. The number of nitrogens with zero attached hydrogens (tertiary/aromatic N) is 2. The molecule has 2 aromatic carbocycles. The van der Waals surface area contributed by atoms with E-state index in [9.17, 15) is 24.5 Å². The highest BCUT2D eigenvalue weighted by molar-refractivity contribution is 6.25. The molecule has 34 heavy (non-hydrogen) atoms. The number of imide groups is 1. The van der Waals surface area contributed by atoms with E-state index >= 15 is 0 Å². The molecular formula is C25H25N4O5+. The van der Waals surface area contributed by atoms with E-state index in [2.05, 4.69) is 5.32 Å². The lowest BCUT2D eigenvalue weighted by molar-refractivity contribution is -0.948. The Kier molecular flexibility index (Phi) is 4.15. The number of carbonyl (C=O) groups is 3. The highest BCUT2D eigenvalue weighted by atomic mass is 16.6. The number of amides is 3. The summed E-state index contributed by atoms with van der Waals surface area (Å²) in [6, 6.07) is 8.16. The number of hydrogen-bond acceptors (Lipinski definition) is 5. The van der Waals surface area contributed by atoms with E-state index in [-0.39, 0.29) is 29.2 Å². The lowest BCUT2D eigenvalue weighted by Gasteiger charge is -2.33. The van der Waals surface area contributed by atoms with Gasteiger partial charge in [0, 0.05) is 30.0 Å². The maximum Gasteiger partial charge on any atom is 0.291 e. The maximum absolute atomic E-state index is 14.0. The third kappa shape index (κ3) is 2.30. The first kappa shape index (κ1) is 21.0. The van der Waals surface area contributed by atoms with Crippen LogP contribution in [0.3, 0.4) is 0 Å². The average Bonchev–Trinajstić information content (AvgIpc) is 3.50. The van der Waals surface area contributed by atoms with Crippen LogP contribution in [0, 0.1) is 42.7 Å². The zero-order valence-corrected chi connectivity index (χ0v) is 19.2. The minimum absolute atomic E-state index is 0.145. The molecule has 0 bridgehead atoms. The molecule has 1 spiro atoms. The quantitative estimate of drug-likeness (QED) is 0.400. The number of nitro benzene ring substituents is 1. The largest absolute Gasteiger partial charge is 0.320 e. The predicted molar refractivity (Wildman–Crippen MR) is 122 cm³/mol. The lowest BCUT2D eigenvalue weighted by Crippen LogP contribution is -3.19. The van der Waals surface area contributed by atoms with Crippen molar-refractivity contribution in [1.82, 2.24) is 0 Å². The molecule has 2 aromatic rings. The van der Waals surface area contributed by atoms with Crippen molar-refractivity contribution in [3.8, 4) is 0 Å². The Labute approximate surface area is 195 Å². The molecule has 0 aromatic heterocycles. The van der Waals surface area contributed by atoms with Gasteiger partial charge in [-0.15, -0.1) is 0 Å². The first-order valence-electron chi connectivity index (χ1n) is 11.6. The highest BCUT2D eigenvalue weighted by Crippen LogP contribution is 2.53. The molecule has 2 N–H and O–H groups in total. The molecule has 3 saturated heterocycles. The van der Waals surface area contributed by atoms with Crippen molar-refractivity contribution < 1.29 is 24.2 Å². The summed E-state index contributed by atoms with van der Waals surface area (Å²) in [4.78, 5) is 54.6. The molecule has 3 amide bonds. The SMILES string of the molecule is Cc1ccc(N2C(=O)[C@H]3[C@@H](C2=O)[C@@]2(C(=O)Nc4c2ccc(C)c4C)[NH+]2CCC[C@@H]32)cc1[N+](=O)[O-]. The van der Waals surface area contributed by atoms with Crippen molar-refractivity contribution in [2.45, 2.75) is 45.2 Å². The summed E-state index contributed by atoms with van der Waals surface area (Å²) in [6.45, 7) is 6.26. The smallest absolute Gasteiger partial charge is 0.291 e. The molecule has 9 heteroatoms. The monoisotopic (exact) mass is 461 g/mol. The molecule has 4 aliphatic rings. The van der Waals surface area contributed by atoms with Crippen LogP contribution < -0.4 is 15.1 Å². The highest BCUT2D eigenvalue weighted by Gasteiger charge is 2.78. The zero-order chi connectivity index (χ0) is 24.1. The van der Waals surface area contributed by atoms with Crippen molar-refractivity contribution in [2.24, 2.45) is 11.8 Å². The van der Waals surface area contributed by atoms with E-state index in [1.165, 1.54) is 6.07 Å². The number of carbonyl (C=O) groups excluding carboxylic acids is 3. The number of nitrogens with one attached hydrogen (secondary N) is 2. The van der Waals surface area contributed by atoms with Gasteiger partial charge >= 0.3 is 0 Å². The van der Waals surface area contributed by atoms with Crippen LogP contribution in [-0.2, 0) is 19.9 Å². The Bertz CT molecular complexity index is 1340. The van der Waals surface area contributed by atoms with Gasteiger partial charge in [0.05, 0.1) is 22.8 Å². The number of aryl methyl sites for hydroxylation is 2. The number of anilines is 2. The number of quaternary nitrogens is 1. The Hall–Kier alpha value is -3.59. The van der Waals surface area contributed by atoms with Gasteiger partial charge in [-0.1, -0.05) is 12.1 Å². The number of nitro groups is 1. The van der Waals surface area contributed by atoms with Crippen LogP contribution in [0.1, 0.15) is 35.1 Å². The Balaban J connectivity index is 1.54. The second-order valence-electron chi connectivity index (χ2n) is 9.96. The van der Waals surface area contributed by atoms with Gasteiger partial charge in [0.2, 0.25) is 17.4 Å². The van der Waals surface area contributed by atoms with Crippen LogP contribution in [0.2, 0.25) is 0 Å². The Morgan fingerprint density at radius 3 is 2.56 bits per heavy atom. The van der Waals surface area contributed by atoms with E-state index in [1.54, 1.807) is 19.1 Å². The summed E-state index contributed by atoms with van der Waals surface area (Å²) in [7, 11) is 0. The average molecular weight is 461 g/mol. The zero-order valence-electron chi connectivity index (χ0n) is 19.2. The van der Waals surface area contributed by atoms with Crippen LogP contribution in [0.5, 0.6) is 0 Å². The summed E-state index contributed by atoms with van der Waals surface area (Å²) in [5, 5.41) is 14.6. The van der Waals surface area contributed by atoms with Crippen molar-refractivity contribution in [1.29, 1.82) is 0 Å². The molecule has 9 nitrogen and oxygen atoms in total. The molecule has 174 valence electrons. The van der Waals surface area contributed by atoms with Crippen LogP contribution >= 0.6 is 0 Å².